The topological polar surface area (TPSA) is 38.8 Å². The van der Waals surface area contributed by atoms with Gasteiger partial charge in [-0.05, 0) is 37.7 Å². The zero-order valence-electron chi connectivity index (χ0n) is 12.3. The molecule has 20 heavy (non-hydrogen) atoms. The van der Waals surface area contributed by atoms with E-state index in [0.29, 0.717) is 12.0 Å². The molecule has 0 aromatic heterocycles. The minimum atomic E-state index is -0.100. The molecule has 0 aliphatic carbocycles. The van der Waals surface area contributed by atoms with Gasteiger partial charge in [-0.3, -0.25) is 4.79 Å². The maximum Gasteiger partial charge on any atom is 0.225 e. The van der Waals surface area contributed by atoms with Crippen LogP contribution in [0.15, 0.2) is 0 Å². The molecule has 3 saturated heterocycles. The fraction of sp³-hybridized carbons (Fsp3) is 0.933. The van der Waals surface area contributed by atoms with Gasteiger partial charge in [0.15, 0.2) is 0 Å². The largest absolute Gasteiger partial charge is 0.378 e. The van der Waals surface area contributed by atoms with Crippen molar-refractivity contribution in [1.29, 1.82) is 0 Å². The lowest BCUT2D eigenvalue weighted by Crippen LogP contribution is -2.68. The molecule has 0 N–H and O–H groups in total. The van der Waals surface area contributed by atoms with Gasteiger partial charge in [-0.2, -0.15) is 11.8 Å². The van der Waals surface area contributed by atoms with Crippen molar-refractivity contribution in [1.82, 2.24) is 4.90 Å². The van der Waals surface area contributed by atoms with E-state index >= 15 is 0 Å². The third-order valence-electron chi connectivity index (χ3n) is 4.69. The number of thioether (sulfide) groups is 1. The molecule has 5 heteroatoms. The average Bonchev–Trinajstić information content (AvgIpc) is 2.45. The van der Waals surface area contributed by atoms with Gasteiger partial charge < -0.3 is 14.4 Å². The molecule has 1 spiro atoms. The van der Waals surface area contributed by atoms with E-state index in [4.69, 9.17) is 9.47 Å². The highest BCUT2D eigenvalue weighted by Crippen LogP contribution is 2.37. The summed E-state index contributed by atoms with van der Waals surface area (Å²) in [4.78, 5) is 14.5. The Hall–Kier alpha value is -0.260. The number of amides is 1. The minimum Gasteiger partial charge on any atom is -0.378 e. The predicted octanol–water partition coefficient (Wildman–Crippen LogP) is 1.93. The van der Waals surface area contributed by atoms with Gasteiger partial charge in [0.05, 0.1) is 19.2 Å². The van der Waals surface area contributed by atoms with Crippen LogP contribution >= 0.6 is 11.8 Å². The predicted molar refractivity (Wildman–Crippen MR) is 80.0 cm³/mol. The lowest BCUT2D eigenvalue weighted by molar-refractivity contribution is -0.202. The van der Waals surface area contributed by atoms with Crippen LogP contribution in [-0.2, 0) is 14.3 Å². The number of ether oxygens (including phenoxy) is 2. The van der Waals surface area contributed by atoms with Crippen molar-refractivity contribution < 1.29 is 14.3 Å². The van der Waals surface area contributed by atoms with Crippen molar-refractivity contribution in [3.8, 4) is 0 Å². The van der Waals surface area contributed by atoms with Gasteiger partial charge in [-0.25, -0.2) is 0 Å². The lowest BCUT2D eigenvalue weighted by Gasteiger charge is -2.53. The molecule has 0 saturated carbocycles. The van der Waals surface area contributed by atoms with Gasteiger partial charge in [-0.15, -0.1) is 0 Å². The Kier molecular flexibility index (Phi) is 4.58. The summed E-state index contributed by atoms with van der Waals surface area (Å²) in [6.45, 7) is 5.13. The molecule has 1 atom stereocenters. The van der Waals surface area contributed by atoms with Gasteiger partial charge >= 0.3 is 0 Å². The molecule has 0 radical (unpaired) electrons. The number of nitrogens with zero attached hydrogens (tertiary/aromatic N) is 1. The summed E-state index contributed by atoms with van der Waals surface area (Å²) in [7, 11) is 0. The van der Waals surface area contributed by atoms with Gasteiger partial charge in [0.25, 0.3) is 0 Å². The molecule has 0 unspecified atom stereocenters. The number of carbonyl (C=O) groups is 1. The Morgan fingerprint density at radius 2 is 2.10 bits per heavy atom. The van der Waals surface area contributed by atoms with E-state index in [1.165, 1.54) is 0 Å². The average molecular weight is 299 g/mol. The van der Waals surface area contributed by atoms with E-state index in [1.54, 1.807) is 0 Å². The number of hydrogen-bond donors (Lipinski definition) is 0. The second-order valence-corrected chi connectivity index (χ2v) is 7.41. The quantitative estimate of drug-likeness (QED) is 0.798. The Morgan fingerprint density at radius 1 is 1.35 bits per heavy atom. The fourth-order valence-corrected chi connectivity index (χ4v) is 4.70. The highest BCUT2D eigenvalue weighted by molar-refractivity contribution is 7.99. The van der Waals surface area contributed by atoms with Crippen molar-refractivity contribution in [2.75, 3.05) is 37.8 Å². The molecule has 0 aromatic rings. The maximum absolute atomic E-state index is 12.4. The zero-order valence-corrected chi connectivity index (χ0v) is 13.1. The highest BCUT2D eigenvalue weighted by Gasteiger charge is 2.50. The monoisotopic (exact) mass is 299 g/mol. The summed E-state index contributed by atoms with van der Waals surface area (Å²) >= 11 is 1.97. The number of rotatable bonds is 3. The minimum absolute atomic E-state index is 0.100. The SMILES string of the molecule is CCO[C@H]1CCOC2(C1)CN(C(=O)C1CCSCC1)C2. The van der Waals surface area contributed by atoms with Gasteiger partial charge in [0, 0.05) is 25.6 Å². The molecular formula is C15H25NO3S. The van der Waals surface area contributed by atoms with Crippen LogP contribution in [0.2, 0.25) is 0 Å². The Morgan fingerprint density at radius 3 is 2.80 bits per heavy atom. The first-order valence-electron chi connectivity index (χ1n) is 7.84. The van der Waals surface area contributed by atoms with Crippen molar-refractivity contribution in [3.63, 3.8) is 0 Å². The first kappa shape index (κ1) is 14.7. The van der Waals surface area contributed by atoms with Crippen molar-refractivity contribution in [2.24, 2.45) is 5.92 Å². The lowest BCUT2D eigenvalue weighted by atomic mass is 9.83. The van der Waals surface area contributed by atoms with Crippen molar-refractivity contribution in [2.45, 2.75) is 44.3 Å². The first-order chi connectivity index (χ1) is 9.72. The molecule has 0 aromatic carbocycles. The highest BCUT2D eigenvalue weighted by atomic mass is 32.2. The first-order valence-corrected chi connectivity index (χ1v) is 9.00. The van der Waals surface area contributed by atoms with E-state index < -0.39 is 0 Å². The summed E-state index contributed by atoms with van der Waals surface area (Å²) in [5.74, 6) is 2.90. The van der Waals surface area contributed by atoms with Crippen LogP contribution in [0.3, 0.4) is 0 Å². The summed E-state index contributed by atoms with van der Waals surface area (Å²) < 4.78 is 11.7. The number of likely N-dealkylation sites (tertiary alicyclic amines) is 1. The van der Waals surface area contributed by atoms with Gasteiger partial charge in [-0.1, -0.05) is 0 Å². The van der Waals surface area contributed by atoms with Crippen LogP contribution in [0.5, 0.6) is 0 Å². The maximum atomic E-state index is 12.4. The normalized spacial score (nSPS) is 30.2. The molecule has 4 nitrogen and oxygen atoms in total. The summed E-state index contributed by atoms with van der Waals surface area (Å²) in [5, 5.41) is 0. The molecule has 0 bridgehead atoms. The standard InChI is InChI=1S/C15H25NO3S/c1-2-18-13-3-6-19-15(9-13)10-16(11-15)14(17)12-4-7-20-8-5-12/h12-13H,2-11H2,1H3/t13-/m0/s1. The van der Waals surface area contributed by atoms with Crippen molar-refractivity contribution >= 4 is 17.7 Å². The summed E-state index contributed by atoms with van der Waals surface area (Å²) in [6, 6.07) is 0. The molecule has 114 valence electrons. The molecule has 3 aliphatic rings. The van der Waals surface area contributed by atoms with Crippen LogP contribution in [0.1, 0.15) is 32.6 Å². The Labute approximate surface area is 125 Å². The van der Waals surface area contributed by atoms with E-state index in [1.807, 2.05) is 23.6 Å². The molecular weight excluding hydrogens is 274 g/mol. The Bertz CT molecular complexity index is 349. The van der Waals surface area contributed by atoms with E-state index in [9.17, 15) is 4.79 Å². The third kappa shape index (κ3) is 3.00. The summed E-state index contributed by atoms with van der Waals surface area (Å²) in [6.07, 6.45) is 4.36. The molecule has 1 amide bonds. The summed E-state index contributed by atoms with van der Waals surface area (Å²) in [5.41, 5.74) is -0.100. The number of carbonyl (C=O) groups excluding carboxylic acids is 1. The van der Waals surface area contributed by atoms with Gasteiger partial charge in [0.2, 0.25) is 5.91 Å². The van der Waals surface area contributed by atoms with Crippen LogP contribution < -0.4 is 0 Å². The molecule has 3 rings (SSSR count). The van der Waals surface area contributed by atoms with E-state index in [0.717, 1.165) is 63.5 Å². The Balaban J connectivity index is 1.50. The van der Waals surface area contributed by atoms with E-state index in [-0.39, 0.29) is 11.5 Å². The van der Waals surface area contributed by atoms with Crippen LogP contribution in [-0.4, -0.2) is 60.3 Å². The van der Waals surface area contributed by atoms with E-state index in [2.05, 4.69) is 0 Å². The molecule has 3 heterocycles. The molecule has 3 aliphatic heterocycles. The second kappa shape index (κ2) is 6.24. The van der Waals surface area contributed by atoms with Gasteiger partial charge in [0.1, 0.15) is 5.60 Å². The third-order valence-corrected chi connectivity index (χ3v) is 5.74. The van der Waals surface area contributed by atoms with Crippen LogP contribution in [0, 0.1) is 5.92 Å². The fourth-order valence-electron chi connectivity index (χ4n) is 3.59. The second-order valence-electron chi connectivity index (χ2n) is 6.18. The smallest absolute Gasteiger partial charge is 0.225 e. The zero-order chi connectivity index (χ0) is 14.0. The van der Waals surface area contributed by atoms with Crippen LogP contribution in [0.25, 0.3) is 0 Å². The van der Waals surface area contributed by atoms with Crippen molar-refractivity contribution in [3.05, 3.63) is 0 Å². The van der Waals surface area contributed by atoms with Crippen LogP contribution in [0.4, 0.5) is 0 Å². The number of hydrogen-bond acceptors (Lipinski definition) is 4. The molecule has 3 fully saturated rings.